The molecule has 0 amide bonds. The van der Waals surface area contributed by atoms with Crippen molar-refractivity contribution in [3.05, 3.63) is 0 Å². The molecule has 0 bridgehead atoms. The topological polar surface area (TPSA) is 48.9 Å². The predicted molar refractivity (Wildman–Crippen MR) is 101 cm³/mol. The Kier molecular flexibility index (Phi) is 7.99. The monoisotopic (exact) mass is 342 g/mol. The van der Waals surface area contributed by atoms with Gasteiger partial charge in [0, 0.05) is 44.0 Å². The second kappa shape index (κ2) is 9.74. The SMILES string of the molecule is CN=C(NCC(C)SC)NCC1(N2CCOCC2)CCCCC1. The Bertz CT molecular complexity index is 366. The van der Waals surface area contributed by atoms with Crippen LogP contribution in [0.1, 0.15) is 39.0 Å². The Morgan fingerprint density at radius 3 is 2.52 bits per heavy atom. The fraction of sp³-hybridized carbons (Fsp3) is 0.941. The summed E-state index contributed by atoms with van der Waals surface area (Å²) in [6, 6.07) is 0. The first-order valence-corrected chi connectivity index (χ1v) is 10.3. The van der Waals surface area contributed by atoms with Crippen molar-refractivity contribution in [1.29, 1.82) is 0 Å². The molecular weight excluding hydrogens is 308 g/mol. The molecule has 134 valence electrons. The van der Waals surface area contributed by atoms with Crippen LogP contribution in [0.25, 0.3) is 0 Å². The van der Waals surface area contributed by atoms with Crippen molar-refractivity contribution in [2.75, 3.05) is 52.7 Å². The number of ether oxygens (including phenoxy) is 1. The van der Waals surface area contributed by atoms with Crippen LogP contribution >= 0.6 is 11.8 Å². The lowest BCUT2D eigenvalue weighted by molar-refractivity contribution is -0.0352. The third-order valence-electron chi connectivity index (χ3n) is 5.23. The Morgan fingerprint density at radius 1 is 1.22 bits per heavy atom. The molecule has 0 aromatic heterocycles. The summed E-state index contributed by atoms with van der Waals surface area (Å²) in [7, 11) is 1.86. The zero-order valence-corrected chi connectivity index (χ0v) is 15.9. The van der Waals surface area contributed by atoms with Crippen molar-refractivity contribution in [1.82, 2.24) is 15.5 Å². The van der Waals surface area contributed by atoms with Gasteiger partial charge in [0.15, 0.2) is 5.96 Å². The highest BCUT2D eigenvalue weighted by Gasteiger charge is 2.38. The van der Waals surface area contributed by atoms with E-state index < -0.39 is 0 Å². The van der Waals surface area contributed by atoms with Crippen molar-refractivity contribution in [2.45, 2.75) is 49.8 Å². The maximum absolute atomic E-state index is 5.56. The lowest BCUT2D eigenvalue weighted by Gasteiger charge is -2.48. The van der Waals surface area contributed by atoms with Crippen LogP contribution in [0.15, 0.2) is 4.99 Å². The van der Waals surface area contributed by atoms with Crippen LogP contribution in [0.3, 0.4) is 0 Å². The predicted octanol–water partition coefficient (Wildman–Crippen LogP) is 1.94. The molecule has 1 heterocycles. The number of aliphatic imine (C=N–C) groups is 1. The average molecular weight is 343 g/mol. The summed E-state index contributed by atoms with van der Waals surface area (Å²) in [5.41, 5.74) is 0.283. The first-order valence-electron chi connectivity index (χ1n) is 9.00. The zero-order chi connectivity index (χ0) is 16.5. The Balaban J connectivity index is 1.91. The van der Waals surface area contributed by atoms with Crippen molar-refractivity contribution >= 4 is 17.7 Å². The van der Waals surface area contributed by atoms with Crippen molar-refractivity contribution in [3.8, 4) is 0 Å². The molecule has 1 aliphatic heterocycles. The highest BCUT2D eigenvalue weighted by atomic mass is 32.2. The van der Waals surface area contributed by atoms with E-state index in [4.69, 9.17) is 4.74 Å². The second-order valence-electron chi connectivity index (χ2n) is 6.74. The summed E-state index contributed by atoms with van der Waals surface area (Å²) in [5, 5.41) is 7.65. The summed E-state index contributed by atoms with van der Waals surface area (Å²) in [5.74, 6) is 0.934. The molecule has 0 radical (unpaired) electrons. The highest BCUT2D eigenvalue weighted by Crippen LogP contribution is 2.33. The first kappa shape index (κ1) is 18.9. The van der Waals surface area contributed by atoms with Gasteiger partial charge in [-0.15, -0.1) is 0 Å². The van der Waals surface area contributed by atoms with Gasteiger partial charge in [-0.3, -0.25) is 9.89 Å². The van der Waals surface area contributed by atoms with Gasteiger partial charge >= 0.3 is 0 Å². The van der Waals surface area contributed by atoms with Gasteiger partial charge < -0.3 is 15.4 Å². The highest BCUT2D eigenvalue weighted by molar-refractivity contribution is 7.99. The standard InChI is InChI=1S/C17H34N4OS/c1-15(23-3)13-19-16(18-2)20-14-17(7-5-4-6-8-17)21-9-11-22-12-10-21/h15H,4-14H2,1-3H3,(H2,18,19,20). The smallest absolute Gasteiger partial charge is 0.191 e. The summed E-state index contributed by atoms with van der Waals surface area (Å²) in [6.07, 6.45) is 8.79. The van der Waals surface area contributed by atoms with E-state index in [2.05, 4.69) is 33.7 Å². The maximum Gasteiger partial charge on any atom is 0.191 e. The molecule has 5 nitrogen and oxygen atoms in total. The molecule has 2 N–H and O–H groups in total. The van der Waals surface area contributed by atoms with E-state index in [0.29, 0.717) is 5.25 Å². The van der Waals surface area contributed by atoms with E-state index in [1.807, 2.05) is 18.8 Å². The van der Waals surface area contributed by atoms with E-state index in [9.17, 15) is 0 Å². The average Bonchev–Trinajstić information content (AvgIpc) is 2.63. The van der Waals surface area contributed by atoms with Crippen molar-refractivity contribution in [2.24, 2.45) is 4.99 Å². The van der Waals surface area contributed by atoms with Gasteiger partial charge in [-0.2, -0.15) is 11.8 Å². The van der Waals surface area contributed by atoms with E-state index in [0.717, 1.165) is 45.4 Å². The van der Waals surface area contributed by atoms with Gasteiger partial charge in [0.2, 0.25) is 0 Å². The quantitative estimate of drug-likeness (QED) is 0.571. The number of hydrogen-bond donors (Lipinski definition) is 2. The largest absolute Gasteiger partial charge is 0.379 e. The number of rotatable bonds is 6. The Labute approximate surface area is 146 Å². The van der Waals surface area contributed by atoms with Crippen LogP contribution in [0.4, 0.5) is 0 Å². The molecule has 23 heavy (non-hydrogen) atoms. The minimum atomic E-state index is 0.283. The summed E-state index contributed by atoms with van der Waals surface area (Å²) < 4.78 is 5.56. The van der Waals surface area contributed by atoms with Crippen molar-refractivity contribution < 1.29 is 4.74 Å². The fourth-order valence-corrected chi connectivity index (χ4v) is 3.89. The van der Waals surface area contributed by atoms with E-state index in [-0.39, 0.29) is 5.54 Å². The van der Waals surface area contributed by atoms with Crippen LogP contribution in [-0.4, -0.2) is 74.3 Å². The number of nitrogens with one attached hydrogen (secondary N) is 2. The van der Waals surface area contributed by atoms with Crippen molar-refractivity contribution in [3.63, 3.8) is 0 Å². The van der Waals surface area contributed by atoms with Gasteiger partial charge in [0.25, 0.3) is 0 Å². The molecule has 1 unspecified atom stereocenters. The first-order chi connectivity index (χ1) is 11.2. The lowest BCUT2D eigenvalue weighted by atomic mass is 9.80. The molecular formula is C17H34N4OS. The molecule has 1 aliphatic carbocycles. The molecule has 1 atom stereocenters. The minimum Gasteiger partial charge on any atom is -0.379 e. The third kappa shape index (κ3) is 5.54. The third-order valence-corrected chi connectivity index (χ3v) is 6.21. The molecule has 6 heteroatoms. The van der Waals surface area contributed by atoms with Crippen LogP contribution in [0.2, 0.25) is 0 Å². The molecule has 2 aliphatic rings. The number of thioether (sulfide) groups is 1. The van der Waals surface area contributed by atoms with Crippen LogP contribution in [0, 0.1) is 0 Å². The minimum absolute atomic E-state index is 0.283. The Morgan fingerprint density at radius 2 is 1.91 bits per heavy atom. The zero-order valence-electron chi connectivity index (χ0n) is 15.1. The van der Waals surface area contributed by atoms with E-state index >= 15 is 0 Å². The lowest BCUT2D eigenvalue weighted by Crippen LogP contribution is -2.60. The fourth-order valence-electron chi connectivity index (χ4n) is 3.64. The summed E-state index contributed by atoms with van der Waals surface area (Å²) in [6.45, 7) is 8.06. The van der Waals surface area contributed by atoms with Gasteiger partial charge in [-0.05, 0) is 19.1 Å². The molecule has 1 saturated carbocycles. The molecule has 0 spiro atoms. The molecule has 0 aromatic rings. The summed E-state index contributed by atoms with van der Waals surface area (Å²) in [4.78, 5) is 7.06. The van der Waals surface area contributed by atoms with Crippen LogP contribution in [-0.2, 0) is 4.74 Å². The number of hydrogen-bond acceptors (Lipinski definition) is 4. The Hall–Kier alpha value is -0.460. The molecule has 1 saturated heterocycles. The van der Waals surface area contributed by atoms with E-state index in [1.54, 1.807) is 0 Å². The van der Waals surface area contributed by atoms with Gasteiger partial charge in [0.05, 0.1) is 13.2 Å². The molecule has 2 rings (SSSR count). The van der Waals surface area contributed by atoms with Crippen LogP contribution < -0.4 is 10.6 Å². The molecule has 0 aromatic carbocycles. The normalized spacial score (nSPS) is 24.2. The number of nitrogens with zero attached hydrogens (tertiary/aromatic N) is 2. The van der Waals surface area contributed by atoms with Crippen LogP contribution in [0.5, 0.6) is 0 Å². The van der Waals surface area contributed by atoms with Gasteiger partial charge in [-0.25, -0.2) is 0 Å². The van der Waals surface area contributed by atoms with Gasteiger partial charge in [0.1, 0.15) is 0 Å². The second-order valence-corrected chi connectivity index (χ2v) is 8.01. The van der Waals surface area contributed by atoms with E-state index in [1.165, 1.54) is 32.1 Å². The summed E-state index contributed by atoms with van der Waals surface area (Å²) >= 11 is 1.88. The maximum atomic E-state index is 5.56. The number of guanidine groups is 1. The molecule has 2 fully saturated rings. The number of morpholine rings is 1. The van der Waals surface area contributed by atoms with Gasteiger partial charge in [-0.1, -0.05) is 26.2 Å².